The van der Waals surface area contributed by atoms with E-state index in [4.69, 9.17) is 4.74 Å². The SMILES string of the molecule is COc1cccc(C(=O)CC2CCCC2)c1F. The number of ether oxygens (including phenoxy) is 1. The van der Waals surface area contributed by atoms with Crippen LogP contribution < -0.4 is 4.74 Å². The van der Waals surface area contributed by atoms with Gasteiger partial charge in [0.25, 0.3) is 0 Å². The van der Waals surface area contributed by atoms with Gasteiger partial charge in [-0.25, -0.2) is 4.39 Å². The van der Waals surface area contributed by atoms with E-state index in [1.54, 1.807) is 6.07 Å². The summed E-state index contributed by atoms with van der Waals surface area (Å²) in [5.41, 5.74) is 0.163. The van der Waals surface area contributed by atoms with Crippen LogP contribution in [0.1, 0.15) is 42.5 Å². The zero-order chi connectivity index (χ0) is 12.3. The molecule has 0 aliphatic heterocycles. The molecule has 92 valence electrons. The number of ketones is 1. The van der Waals surface area contributed by atoms with Gasteiger partial charge in [-0.3, -0.25) is 4.79 Å². The highest BCUT2D eigenvalue weighted by molar-refractivity contribution is 5.96. The molecule has 0 unspecified atom stereocenters. The van der Waals surface area contributed by atoms with Crippen LogP contribution in [-0.4, -0.2) is 12.9 Å². The Balaban J connectivity index is 2.12. The van der Waals surface area contributed by atoms with Gasteiger partial charge in [0.05, 0.1) is 12.7 Å². The maximum absolute atomic E-state index is 13.9. The molecule has 0 saturated heterocycles. The van der Waals surface area contributed by atoms with E-state index < -0.39 is 5.82 Å². The number of halogens is 1. The molecule has 1 aromatic rings. The number of hydrogen-bond acceptors (Lipinski definition) is 2. The smallest absolute Gasteiger partial charge is 0.175 e. The first-order valence-electron chi connectivity index (χ1n) is 6.08. The Morgan fingerprint density at radius 2 is 2.12 bits per heavy atom. The second-order valence-electron chi connectivity index (χ2n) is 4.60. The van der Waals surface area contributed by atoms with Gasteiger partial charge in [-0.05, 0) is 18.1 Å². The third-order valence-electron chi connectivity index (χ3n) is 3.43. The predicted molar refractivity (Wildman–Crippen MR) is 63.9 cm³/mol. The van der Waals surface area contributed by atoms with Crippen LogP contribution in [0.3, 0.4) is 0 Å². The molecular formula is C14H17FO2. The van der Waals surface area contributed by atoms with E-state index in [0.29, 0.717) is 12.3 Å². The van der Waals surface area contributed by atoms with Crippen molar-refractivity contribution in [3.05, 3.63) is 29.6 Å². The minimum Gasteiger partial charge on any atom is -0.494 e. The van der Waals surface area contributed by atoms with Crippen molar-refractivity contribution in [2.45, 2.75) is 32.1 Å². The topological polar surface area (TPSA) is 26.3 Å². The fourth-order valence-electron chi connectivity index (χ4n) is 2.47. The Morgan fingerprint density at radius 1 is 1.41 bits per heavy atom. The molecule has 0 amide bonds. The van der Waals surface area contributed by atoms with E-state index in [2.05, 4.69) is 0 Å². The molecular weight excluding hydrogens is 219 g/mol. The number of methoxy groups -OCH3 is 1. The summed E-state index contributed by atoms with van der Waals surface area (Å²) in [7, 11) is 1.41. The lowest BCUT2D eigenvalue weighted by molar-refractivity contribution is 0.0957. The molecule has 0 aromatic heterocycles. The Kier molecular flexibility index (Phi) is 3.77. The zero-order valence-electron chi connectivity index (χ0n) is 10.0. The summed E-state index contributed by atoms with van der Waals surface area (Å²) in [6, 6.07) is 4.72. The van der Waals surface area contributed by atoms with E-state index in [0.717, 1.165) is 12.8 Å². The molecule has 1 aromatic carbocycles. The molecule has 2 rings (SSSR count). The summed E-state index contributed by atoms with van der Waals surface area (Å²) < 4.78 is 18.7. The van der Waals surface area contributed by atoms with Crippen molar-refractivity contribution in [1.82, 2.24) is 0 Å². The average molecular weight is 236 g/mol. The Bertz CT molecular complexity index is 409. The van der Waals surface area contributed by atoms with Crippen LogP contribution in [0.2, 0.25) is 0 Å². The molecule has 0 bridgehead atoms. The van der Waals surface area contributed by atoms with Gasteiger partial charge in [-0.1, -0.05) is 31.7 Å². The van der Waals surface area contributed by atoms with Gasteiger partial charge < -0.3 is 4.74 Å². The fourth-order valence-corrected chi connectivity index (χ4v) is 2.47. The van der Waals surface area contributed by atoms with Crippen molar-refractivity contribution in [2.24, 2.45) is 5.92 Å². The number of hydrogen-bond donors (Lipinski definition) is 0. The standard InChI is InChI=1S/C14H17FO2/c1-17-13-8-4-7-11(14(13)15)12(16)9-10-5-2-3-6-10/h4,7-8,10H,2-3,5-6,9H2,1H3. The first-order chi connectivity index (χ1) is 8.22. The number of benzene rings is 1. The molecule has 0 atom stereocenters. The second kappa shape index (κ2) is 5.30. The summed E-state index contributed by atoms with van der Waals surface area (Å²) >= 11 is 0. The Hall–Kier alpha value is -1.38. The van der Waals surface area contributed by atoms with Crippen LogP contribution in [0.5, 0.6) is 5.75 Å². The second-order valence-corrected chi connectivity index (χ2v) is 4.60. The monoisotopic (exact) mass is 236 g/mol. The van der Waals surface area contributed by atoms with Crippen molar-refractivity contribution in [3.63, 3.8) is 0 Å². The van der Waals surface area contributed by atoms with E-state index in [-0.39, 0.29) is 17.1 Å². The lowest BCUT2D eigenvalue weighted by atomic mass is 9.96. The third-order valence-corrected chi connectivity index (χ3v) is 3.43. The van der Waals surface area contributed by atoms with Gasteiger partial charge in [-0.15, -0.1) is 0 Å². The first kappa shape index (κ1) is 12.1. The molecule has 1 saturated carbocycles. The van der Waals surface area contributed by atoms with Crippen molar-refractivity contribution in [2.75, 3.05) is 7.11 Å². The summed E-state index contributed by atoms with van der Waals surface area (Å²) in [6.07, 6.45) is 5.04. The van der Waals surface area contributed by atoms with Crippen molar-refractivity contribution >= 4 is 5.78 Å². The van der Waals surface area contributed by atoms with E-state index in [9.17, 15) is 9.18 Å². The van der Waals surface area contributed by atoms with Gasteiger partial charge in [-0.2, -0.15) is 0 Å². The van der Waals surface area contributed by atoms with Crippen molar-refractivity contribution < 1.29 is 13.9 Å². The summed E-state index contributed by atoms with van der Waals surface area (Å²) in [5.74, 6) is -0.0540. The number of carbonyl (C=O) groups excluding carboxylic acids is 1. The summed E-state index contributed by atoms with van der Waals surface area (Å²) in [6.45, 7) is 0. The van der Waals surface area contributed by atoms with Crippen LogP contribution in [-0.2, 0) is 0 Å². The highest BCUT2D eigenvalue weighted by Crippen LogP contribution is 2.30. The molecule has 3 heteroatoms. The van der Waals surface area contributed by atoms with Gasteiger partial charge in [0.2, 0.25) is 0 Å². The fraction of sp³-hybridized carbons (Fsp3) is 0.500. The van der Waals surface area contributed by atoms with Crippen LogP contribution in [0.25, 0.3) is 0 Å². The van der Waals surface area contributed by atoms with Crippen LogP contribution in [0.15, 0.2) is 18.2 Å². The molecule has 1 aliphatic carbocycles. The van der Waals surface area contributed by atoms with Gasteiger partial charge in [0.1, 0.15) is 0 Å². The molecule has 1 fully saturated rings. The zero-order valence-corrected chi connectivity index (χ0v) is 10.0. The molecule has 0 heterocycles. The van der Waals surface area contributed by atoms with Crippen molar-refractivity contribution in [3.8, 4) is 5.75 Å². The number of rotatable bonds is 4. The third kappa shape index (κ3) is 2.65. The normalized spacial score (nSPS) is 16.1. The minimum atomic E-state index is -0.530. The molecule has 0 spiro atoms. The largest absolute Gasteiger partial charge is 0.494 e. The molecule has 2 nitrogen and oxygen atoms in total. The highest BCUT2D eigenvalue weighted by atomic mass is 19.1. The average Bonchev–Trinajstić information content (AvgIpc) is 2.82. The van der Waals surface area contributed by atoms with Crippen molar-refractivity contribution in [1.29, 1.82) is 0 Å². The van der Waals surface area contributed by atoms with E-state index >= 15 is 0 Å². The minimum absolute atomic E-state index is 0.103. The van der Waals surface area contributed by atoms with Gasteiger partial charge in [0, 0.05) is 6.42 Å². The molecule has 0 radical (unpaired) electrons. The predicted octanol–water partition coefficient (Wildman–Crippen LogP) is 3.60. The summed E-state index contributed by atoms with van der Waals surface area (Å²) in [5, 5.41) is 0. The quantitative estimate of drug-likeness (QED) is 0.747. The van der Waals surface area contributed by atoms with Crippen LogP contribution in [0, 0.1) is 11.7 Å². The maximum atomic E-state index is 13.9. The van der Waals surface area contributed by atoms with Crippen LogP contribution >= 0.6 is 0 Å². The Morgan fingerprint density at radius 3 is 2.76 bits per heavy atom. The number of Topliss-reactive ketones (excluding diaryl/α,β-unsaturated/α-hetero) is 1. The van der Waals surface area contributed by atoms with E-state index in [1.807, 2.05) is 0 Å². The molecule has 1 aliphatic rings. The molecule has 17 heavy (non-hydrogen) atoms. The first-order valence-corrected chi connectivity index (χ1v) is 6.08. The maximum Gasteiger partial charge on any atom is 0.175 e. The number of carbonyl (C=O) groups is 1. The lowest BCUT2D eigenvalue weighted by Gasteiger charge is -2.09. The lowest BCUT2D eigenvalue weighted by Crippen LogP contribution is -2.08. The Labute approximate surface area is 101 Å². The molecule has 0 N–H and O–H groups in total. The highest BCUT2D eigenvalue weighted by Gasteiger charge is 2.22. The summed E-state index contributed by atoms with van der Waals surface area (Å²) in [4.78, 5) is 12.0. The van der Waals surface area contributed by atoms with Gasteiger partial charge >= 0.3 is 0 Å². The van der Waals surface area contributed by atoms with Crippen LogP contribution in [0.4, 0.5) is 4.39 Å². The van der Waals surface area contributed by atoms with E-state index in [1.165, 1.54) is 32.1 Å². The van der Waals surface area contributed by atoms with Gasteiger partial charge in [0.15, 0.2) is 17.3 Å².